The number of halogens is 1. The average molecular weight is 298 g/mol. The number of carboxylic acid groups (broad SMARTS) is 1. The van der Waals surface area contributed by atoms with Crippen LogP contribution >= 0.6 is 11.6 Å². The van der Waals surface area contributed by atoms with Gasteiger partial charge in [0.05, 0.1) is 11.8 Å². The summed E-state index contributed by atoms with van der Waals surface area (Å²) in [6.07, 6.45) is 1.10. The van der Waals surface area contributed by atoms with Gasteiger partial charge < -0.3 is 20.9 Å². The minimum Gasteiger partial charge on any atom is -0.496 e. The zero-order valence-electron chi connectivity index (χ0n) is 10.9. The Bertz CT molecular complexity index is 519. The van der Waals surface area contributed by atoms with Crippen LogP contribution in [0.15, 0.2) is 42.2 Å². The third-order valence-electron chi connectivity index (χ3n) is 2.44. The van der Waals surface area contributed by atoms with Crippen molar-refractivity contribution in [3.05, 3.63) is 47.7 Å². The van der Waals surface area contributed by atoms with Crippen molar-refractivity contribution in [2.24, 2.45) is 5.73 Å². The van der Waals surface area contributed by atoms with Gasteiger partial charge in [-0.15, -0.1) is 0 Å². The molecule has 0 aromatic heterocycles. The quantitative estimate of drug-likeness (QED) is 0.159. The second-order valence-electron chi connectivity index (χ2n) is 4.12. The zero-order chi connectivity index (χ0) is 15.2. The largest absolute Gasteiger partial charge is 0.496 e. The summed E-state index contributed by atoms with van der Waals surface area (Å²) >= 11 is 6.39. The summed E-state index contributed by atoms with van der Waals surface area (Å²) in [5.41, 5.74) is 6.01. The number of alkyl halides is 1. The first-order valence-corrected chi connectivity index (χ1v) is 6.11. The van der Waals surface area contributed by atoms with Gasteiger partial charge in [-0.3, -0.25) is 5.41 Å². The molecule has 1 aromatic rings. The lowest BCUT2D eigenvalue weighted by Gasteiger charge is -2.28. The van der Waals surface area contributed by atoms with Gasteiger partial charge in [0.1, 0.15) is 6.61 Å². The summed E-state index contributed by atoms with van der Waals surface area (Å²) in [5.74, 6) is -1.39. The van der Waals surface area contributed by atoms with Gasteiger partial charge in [0.25, 0.3) is 0 Å². The fourth-order valence-corrected chi connectivity index (χ4v) is 1.73. The number of carbonyl (C=O) groups is 1. The molecule has 0 fully saturated rings. The van der Waals surface area contributed by atoms with E-state index in [1.54, 1.807) is 24.3 Å². The van der Waals surface area contributed by atoms with Gasteiger partial charge in [0.15, 0.2) is 11.0 Å². The Kier molecular flexibility index (Phi) is 5.40. The van der Waals surface area contributed by atoms with Crippen LogP contribution in [0.1, 0.15) is 12.5 Å². The molecule has 0 spiro atoms. The van der Waals surface area contributed by atoms with Crippen molar-refractivity contribution in [1.29, 1.82) is 5.41 Å². The van der Waals surface area contributed by atoms with E-state index in [9.17, 15) is 4.79 Å². The Morgan fingerprint density at radius 2 is 2.15 bits per heavy atom. The first-order valence-electron chi connectivity index (χ1n) is 5.73. The van der Waals surface area contributed by atoms with Crippen molar-refractivity contribution < 1.29 is 14.6 Å². The van der Waals surface area contributed by atoms with Crippen LogP contribution in [0.25, 0.3) is 0 Å². The van der Waals surface area contributed by atoms with Gasteiger partial charge in [-0.25, -0.2) is 4.79 Å². The number of aliphatic carboxylic acids is 1. The Labute approximate surface area is 121 Å². The number of ether oxygens (including phenoxy) is 1. The Morgan fingerprint density at radius 1 is 1.55 bits per heavy atom. The number of hydrogen-bond donors (Lipinski definition) is 4. The molecular weight excluding hydrogens is 282 g/mol. The van der Waals surface area contributed by atoms with Gasteiger partial charge in [-0.1, -0.05) is 41.9 Å². The summed E-state index contributed by atoms with van der Waals surface area (Å²) in [6, 6.07) is 8.89. The predicted molar refractivity (Wildman–Crippen MR) is 76.4 cm³/mol. The molecule has 0 bridgehead atoms. The predicted octanol–water partition coefficient (Wildman–Crippen LogP) is 1.57. The molecular formula is C13H16ClN3O3. The molecule has 0 amide bonds. The number of hydrogen-bond acceptors (Lipinski definition) is 3. The number of benzene rings is 1. The van der Waals surface area contributed by atoms with Crippen molar-refractivity contribution in [2.75, 3.05) is 6.61 Å². The number of guanidine groups is 1. The molecule has 0 saturated carbocycles. The van der Waals surface area contributed by atoms with Crippen LogP contribution in [0.3, 0.4) is 0 Å². The van der Waals surface area contributed by atoms with Crippen LogP contribution in [0, 0.1) is 5.41 Å². The first-order chi connectivity index (χ1) is 9.35. The SMILES string of the molecule is CC(=COCC(Cl)(NC(=N)N)c1ccccc1)C(=O)O. The first kappa shape index (κ1) is 15.8. The maximum absolute atomic E-state index is 10.7. The normalized spacial score (nSPS) is 14.2. The molecule has 1 aromatic carbocycles. The van der Waals surface area contributed by atoms with E-state index in [1.807, 2.05) is 6.07 Å². The van der Waals surface area contributed by atoms with E-state index in [2.05, 4.69) is 5.32 Å². The van der Waals surface area contributed by atoms with E-state index in [1.165, 1.54) is 6.92 Å². The highest BCUT2D eigenvalue weighted by molar-refractivity contribution is 6.24. The fraction of sp³-hybridized carbons (Fsp3) is 0.231. The van der Waals surface area contributed by atoms with Crippen LogP contribution in [-0.4, -0.2) is 23.6 Å². The number of nitrogens with one attached hydrogen (secondary N) is 2. The third-order valence-corrected chi connectivity index (χ3v) is 2.87. The van der Waals surface area contributed by atoms with Crippen molar-refractivity contribution in [3.8, 4) is 0 Å². The summed E-state index contributed by atoms with van der Waals surface area (Å²) in [5, 5.41) is 18.6. The van der Waals surface area contributed by atoms with Crippen LogP contribution in [0.2, 0.25) is 0 Å². The van der Waals surface area contributed by atoms with Crippen molar-refractivity contribution in [1.82, 2.24) is 5.32 Å². The Hall–Kier alpha value is -2.21. The lowest BCUT2D eigenvalue weighted by Crippen LogP contribution is -2.47. The molecule has 6 nitrogen and oxygen atoms in total. The molecule has 1 unspecified atom stereocenters. The Balaban J connectivity index is 2.88. The second kappa shape index (κ2) is 6.81. The summed E-state index contributed by atoms with van der Waals surface area (Å²) in [4.78, 5) is 9.40. The lowest BCUT2D eigenvalue weighted by molar-refractivity contribution is -0.132. The molecule has 1 atom stereocenters. The van der Waals surface area contributed by atoms with E-state index in [4.69, 9.17) is 32.6 Å². The van der Waals surface area contributed by atoms with E-state index < -0.39 is 11.0 Å². The van der Waals surface area contributed by atoms with Crippen molar-refractivity contribution in [3.63, 3.8) is 0 Å². The van der Waals surface area contributed by atoms with Gasteiger partial charge in [0, 0.05) is 0 Å². The van der Waals surface area contributed by atoms with Gasteiger partial charge in [-0.05, 0) is 12.5 Å². The monoisotopic (exact) mass is 297 g/mol. The lowest BCUT2D eigenvalue weighted by atomic mass is 10.1. The molecule has 1 rings (SSSR count). The standard InChI is InChI=1S/C13H16ClN3O3/c1-9(11(18)19)7-20-8-13(14,17-12(15)16)10-5-3-2-4-6-10/h2-7H,8H2,1H3,(H,18,19)(H4,15,16,17). The number of rotatable bonds is 6. The van der Waals surface area contributed by atoms with Crippen LogP contribution in [0.4, 0.5) is 0 Å². The highest BCUT2D eigenvalue weighted by Crippen LogP contribution is 2.26. The van der Waals surface area contributed by atoms with Crippen molar-refractivity contribution >= 4 is 23.5 Å². The van der Waals surface area contributed by atoms with E-state index in [-0.39, 0.29) is 18.1 Å². The summed E-state index contributed by atoms with van der Waals surface area (Å²) < 4.78 is 5.19. The highest BCUT2D eigenvalue weighted by Gasteiger charge is 2.30. The van der Waals surface area contributed by atoms with E-state index >= 15 is 0 Å². The second-order valence-corrected chi connectivity index (χ2v) is 4.77. The van der Waals surface area contributed by atoms with Crippen molar-refractivity contribution in [2.45, 2.75) is 11.9 Å². The molecule has 20 heavy (non-hydrogen) atoms. The molecule has 5 N–H and O–H groups in total. The number of carboxylic acids is 1. The smallest absolute Gasteiger partial charge is 0.334 e. The molecule has 0 aliphatic heterocycles. The molecule has 0 radical (unpaired) electrons. The van der Waals surface area contributed by atoms with Crippen LogP contribution < -0.4 is 11.1 Å². The minimum atomic E-state index is -1.25. The molecule has 0 aliphatic carbocycles. The van der Waals surface area contributed by atoms with E-state index in [0.717, 1.165) is 6.26 Å². The zero-order valence-corrected chi connectivity index (χ0v) is 11.6. The van der Waals surface area contributed by atoms with E-state index in [0.29, 0.717) is 5.56 Å². The van der Waals surface area contributed by atoms with Gasteiger partial charge in [-0.2, -0.15) is 0 Å². The average Bonchev–Trinajstić information content (AvgIpc) is 2.38. The minimum absolute atomic E-state index is 0.0416. The summed E-state index contributed by atoms with van der Waals surface area (Å²) in [6.45, 7) is 1.31. The van der Waals surface area contributed by atoms with Crippen LogP contribution in [-0.2, 0) is 14.5 Å². The molecule has 0 aliphatic rings. The van der Waals surface area contributed by atoms with Crippen LogP contribution in [0.5, 0.6) is 0 Å². The topological polar surface area (TPSA) is 108 Å². The Morgan fingerprint density at radius 3 is 2.65 bits per heavy atom. The van der Waals surface area contributed by atoms with Gasteiger partial charge in [0.2, 0.25) is 0 Å². The van der Waals surface area contributed by atoms with Gasteiger partial charge >= 0.3 is 5.97 Å². The molecule has 7 heteroatoms. The maximum Gasteiger partial charge on any atom is 0.334 e. The maximum atomic E-state index is 10.7. The summed E-state index contributed by atoms with van der Waals surface area (Å²) in [7, 11) is 0. The molecule has 108 valence electrons. The molecule has 0 saturated heterocycles. The highest BCUT2D eigenvalue weighted by atomic mass is 35.5. The fourth-order valence-electron chi connectivity index (χ4n) is 1.44. The molecule has 0 heterocycles. The number of nitrogens with two attached hydrogens (primary N) is 1. The third kappa shape index (κ3) is 4.47.